The zero-order valence-electron chi connectivity index (χ0n) is 10.6. The Bertz CT molecular complexity index is 538. The lowest BCUT2D eigenvalue weighted by Crippen LogP contribution is -2.30. The highest BCUT2D eigenvalue weighted by atomic mass is 16.5. The maximum Gasteiger partial charge on any atom is 0.318 e. The summed E-state index contributed by atoms with van der Waals surface area (Å²) in [5.74, 6) is -2.22. The zero-order valence-corrected chi connectivity index (χ0v) is 10.6. The molecule has 5 heteroatoms. The predicted molar refractivity (Wildman–Crippen MR) is 68.3 cm³/mol. The number of nitrogens with zero attached hydrogens (tertiary/aromatic N) is 1. The number of hydrogen-bond acceptors (Lipinski definition) is 4. The third-order valence-electron chi connectivity index (χ3n) is 3.31. The van der Waals surface area contributed by atoms with Crippen LogP contribution in [0.15, 0.2) is 24.8 Å². The topological polar surface area (TPSA) is 76.5 Å². The van der Waals surface area contributed by atoms with Crippen molar-refractivity contribution in [3.8, 4) is 5.88 Å². The normalized spacial score (nSPS) is 21.6. The molecule has 0 spiro atoms. The van der Waals surface area contributed by atoms with Gasteiger partial charge in [0.25, 0.3) is 0 Å². The fraction of sp³-hybridized carbons (Fsp3) is 0.357. The van der Waals surface area contributed by atoms with Crippen molar-refractivity contribution < 1.29 is 19.4 Å². The minimum absolute atomic E-state index is 0.120. The van der Waals surface area contributed by atoms with E-state index in [1.165, 1.54) is 7.11 Å². The Morgan fingerprint density at radius 1 is 1.63 bits per heavy atom. The average Bonchev–Trinajstić information content (AvgIpc) is 2.38. The Hall–Kier alpha value is -2.17. The number of Topliss-reactive ketones (excluding diaryl/α,β-unsaturated/α-hetero) is 1. The number of aliphatic carboxylic acids is 1. The van der Waals surface area contributed by atoms with E-state index in [9.17, 15) is 14.7 Å². The minimum Gasteiger partial charge on any atom is -0.481 e. The fourth-order valence-electron chi connectivity index (χ4n) is 2.45. The van der Waals surface area contributed by atoms with Crippen molar-refractivity contribution in [1.29, 1.82) is 0 Å². The lowest BCUT2D eigenvalue weighted by molar-refractivity contribution is -0.143. The average molecular weight is 261 g/mol. The van der Waals surface area contributed by atoms with Crippen LogP contribution in [0.2, 0.25) is 0 Å². The molecule has 1 aliphatic carbocycles. The molecule has 19 heavy (non-hydrogen) atoms. The molecule has 1 heterocycles. The lowest BCUT2D eigenvalue weighted by atomic mass is 9.77. The number of allylic oxidation sites excluding steroid dienone is 1. The summed E-state index contributed by atoms with van der Waals surface area (Å²) in [6, 6.07) is 3.20. The van der Waals surface area contributed by atoms with Crippen molar-refractivity contribution in [3.05, 3.63) is 36.0 Å². The monoisotopic (exact) mass is 261 g/mol. The second kappa shape index (κ2) is 5.22. The minimum atomic E-state index is -1.13. The van der Waals surface area contributed by atoms with Gasteiger partial charge in [-0.05, 0) is 12.0 Å². The summed E-state index contributed by atoms with van der Waals surface area (Å²) in [7, 11) is 1.50. The van der Waals surface area contributed by atoms with E-state index in [1.807, 2.05) is 0 Å². The Balaban J connectivity index is 2.54. The largest absolute Gasteiger partial charge is 0.481 e. The van der Waals surface area contributed by atoms with E-state index in [4.69, 9.17) is 4.74 Å². The number of carbonyl (C=O) groups is 2. The molecule has 0 saturated carbocycles. The first-order valence-corrected chi connectivity index (χ1v) is 5.99. The van der Waals surface area contributed by atoms with E-state index in [0.29, 0.717) is 23.6 Å². The Morgan fingerprint density at radius 3 is 2.95 bits per heavy atom. The van der Waals surface area contributed by atoms with Crippen molar-refractivity contribution in [2.75, 3.05) is 7.11 Å². The van der Waals surface area contributed by atoms with Crippen LogP contribution >= 0.6 is 0 Å². The number of carboxylic acids is 1. The third-order valence-corrected chi connectivity index (χ3v) is 3.31. The Kier molecular flexibility index (Phi) is 3.64. The van der Waals surface area contributed by atoms with Gasteiger partial charge < -0.3 is 9.84 Å². The molecule has 0 bridgehead atoms. The van der Waals surface area contributed by atoms with Crippen LogP contribution in [-0.2, 0) is 9.59 Å². The van der Waals surface area contributed by atoms with Gasteiger partial charge in [0.1, 0.15) is 5.92 Å². The first-order chi connectivity index (χ1) is 9.08. The number of methoxy groups -OCH3 is 1. The molecule has 2 unspecified atom stereocenters. The van der Waals surface area contributed by atoms with E-state index in [-0.39, 0.29) is 18.1 Å². The van der Waals surface area contributed by atoms with Crippen LogP contribution in [0, 0.1) is 0 Å². The smallest absolute Gasteiger partial charge is 0.318 e. The maximum atomic E-state index is 12.0. The summed E-state index contributed by atoms with van der Waals surface area (Å²) in [5, 5.41) is 9.20. The highest BCUT2D eigenvalue weighted by Gasteiger charge is 2.38. The van der Waals surface area contributed by atoms with Gasteiger partial charge in [-0.15, -0.1) is 6.58 Å². The number of carbonyl (C=O) groups excluding carboxylic acids is 1. The van der Waals surface area contributed by atoms with E-state index in [0.717, 1.165) is 0 Å². The molecule has 1 aromatic rings. The van der Waals surface area contributed by atoms with E-state index in [2.05, 4.69) is 11.6 Å². The molecular formula is C14H15NO4. The third kappa shape index (κ3) is 2.36. The summed E-state index contributed by atoms with van der Waals surface area (Å²) in [4.78, 5) is 27.5. The summed E-state index contributed by atoms with van der Waals surface area (Å²) in [6.45, 7) is 3.66. The molecule has 0 fully saturated rings. The van der Waals surface area contributed by atoms with Crippen molar-refractivity contribution in [1.82, 2.24) is 4.98 Å². The summed E-state index contributed by atoms with van der Waals surface area (Å²) < 4.78 is 5.06. The van der Waals surface area contributed by atoms with Crippen LogP contribution in [0.1, 0.15) is 35.9 Å². The van der Waals surface area contributed by atoms with Crippen molar-refractivity contribution in [2.24, 2.45) is 0 Å². The number of hydrogen-bond donors (Lipinski definition) is 1. The molecule has 0 radical (unpaired) electrons. The van der Waals surface area contributed by atoms with Gasteiger partial charge in [0.05, 0.1) is 12.8 Å². The van der Waals surface area contributed by atoms with Crippen LogP contribution in [0.3, 0.4) is 0 Å². The van der Waals surface area contributed by atoms with Gasteiger partial charge in [0, 0.05) is 18.4 Å². The standard InChI is InChI=1S/C14H15NO4/c1-3-4-8-7-10(16)12(14(17)18)9-5-6-11(19-2)15-13(8)9/h3,5-6,8,12H,1,4,7H2,2H3,(H,17,18). The fourth-order valence-corrected chi connectivity index (χ4v) is 2.45. The molecule has 5 nitrogen and oxygen atoms in total. The van der Waals surface area contributed by atoms with Crippen LogP contribution < -0.4 is 4.74 Å². The van der Waals surface area contributed by atoms with Crippen LogP contribution in [0.5, 0.6) is 5.88 Å². The van der Waals surface area contributed by atoms with Gasteiger partial charge in [-0.25, -0.2) is 4.98 Å². The van der Waals surface area contributed by atoms with Crippen molar-refractivity contribution in [3.63, 3.8) is 0 Å². The van der Waals surface area contributed by atoms with Crippen LogP contribution in [-0.4, -0.2) is 29.0 Å². The number of pyridine rings is 1. The first kappa shape index (κ1) is 13.3. The Morgan fingerprint density at radius 2 is 2.37 bits per heavy atom. The van der Waals surface area contributed by atoms with Gasteiger partial charge in [0.15, 0.2) is 5.78 Å². The van der Waals surface area contributed by atoms with Gasteiger partial charge in [-0.3, -0.25) is 9.59 Å². The molecule has 1 aliphatic rings. The second-order valence-electron chi connectivity index (χ2n) is 4.49. The van der Waals surface area contributed by atoms with E-state index < -0.39 is 11.9 Å². The summed E-state index contributed by atoms with van der Waals surface area (Å²) in [6.07, 6.45) is 2.48. The molecule has 1 N–H and O–H groups in total. The molecule has 0 aromatic carbocycles. The number of rotatable bonds is 4. The summed E-state index contributed by atoms with van der Waals surface area (Å²) >= 11 is 0. The SMILES string of the molecule is C=CCC1CC(=O)C(C(=O)O)c2ccc(OC)nc21. The second-order valence-corrected chi connectivity index (χ2v) is 4.49. The van der Waals surface area contributed by atoms with Crippen LogP contribution in [0.25, 0.3) is 0 Å². The van der Waals surface area contributed by atoms with Gasteiger partial charge >= 0.3 is 5.97 Å². The molecule has 0 amide bonds. The molecule has 0 aliphatic heterocycles. The number of ether oxygens (including phenoxy) is 1. The van der Waals surface area contributed by atoms with Crippen LogP contribution in [0.4, 0.5) is 0 Å². The van der Waals surface area contributed by atoms with Gasteiger partial charge in [-0.2, -0.15) is 0 Å². The highest BCUT2D eigenvalue weighted by molar-refractivity contribution is 6.05. The molecule has 100 valence electrons. The first-order valence-electron chi connectivity index (χ1n) is 5.99. The van der Waals surface area contributed by atoms with Crippen molar-refractivity contribution >= 4 is 11.8 Å². The van der Waals surface area contributed by atoms with Crippen molar-refractivity contribution in [2.45, 2.75) is 24.7 Å². The molecule has 2 atom stereocenters. The summed E-state index contributed by atoms with van der Waals surface area (Å²) in [5.41, 5.74) is 1.10. The molecule has 2 rings (SSSR count). The Labute approximate surface area is 110 Å². The van der Waals surface area contributed by atoms with Gasteiger partial charge in [-0.1, -0.05) is 12.1 Å². The lowest BCUT2D eigenvalue weighted by Gasteiger charge is -2.27. The molecular weight excluding hydrogens is 246 g/mol. The number of fused-ring (bicyclic) bond motifs is 1. The molecule has 0 saturated heterocycles. The maximum absolute atomic E-state index is 12.0. The molecule has 1 aromatic heterocycles. The number of carboxylic acid groups (broad SMARTS) is 1. The zero-order chi connectivity index (χ0) is 14.0. The predicted octanol–water partition coefficient (Wildman–Crippen LogP) is 1.89. The van der Waals surface area contributed by atoms with E-state index >= 15 is 0 Å². The highest BCUT2D eigenvalue weighted by Crippen LogP contribution is 2.38. The van der Waals surface area contributed by atoms with Gasteiger partial charge in [0.2, 0.25) is 5.88 Å². The quantitative estimate of drug-likeness (QED) is 0.661. The van der Waals surface area contributed by atoms with E-state index in [1.54, 1.807) is 18.2 Å². The number of ketones is 1. The number of aromatic nitrogens is 1.